The molecule has 0 radical (unpaired) electrons. The van der Waals surface area contributed by atoms with Crippen LogP contribution in [0.15, 0.2) is 18.3 Å². The minimum atomic E-state index is -0.522. The molecule has 1 heterocycles. The van der Waals surface area contributed by atoms with Crippen LogP contribution >= 0.6 is 0 Å². The molecule has 1 N–H and O–H groups in total. The van der Waals surface area contributed by atoms with E-state index in [0.717, 1.165) is 43.7 Å². The summed E-state index contributed by atoms with van der Waals surface area (Å²) < 4.78 is 0. The van der Waals surface area contributed by atoms with Crippen LogP contribution in [0.5, 0.6) is 0 Å². The molecule has 2 rings (SSSR count). The molecule has 1 aliphatic carbocycles. The Labute approximate surface area is 110 Å². The second-order valence-electron chi connectivity index (χ2n) is 5.95. The van der Waals surface area contributed by atoms with E-state index in [-0.39, 0.29) is 0 Å². The number of aromatic nitrogens is 1. The lowest BCUT2D eigenvalue weighted by molar-refractivity contribution is 0.0235. The Hall–Kier alpha value is -0.890. The summed E-state index contributed by atoms with van der Waals surface area (Å²) in [6, 6.07) is 4.20. The molecule has 1 aromatic heterocycles. The van der Waals surface area contributed by atoms with Gasteiger partial charge in [-0.1, -0.05) is 32.8 Å². The van der Waals surface area contributed by atoms with Crippen LogP contribution < -0.4 is 0 Å². The maximum absolute atomic E-state index is 10.7. The van der Waals surface area contributed by atoms with E-state index >= 15 is 0 Å². The first kappa shape index (κ1) is 13.5. The van der Waals surface area contributed by atoms with E-state index in [9.17, 15) is 5.11 Å². The average Bonchev–Trinajstić information content (AvgIpc) is 2.53. The van der Waals surface area contributed by atoms with E-state index in [0.29, 0.717) is 6.42 Å². The van der Waals surface area contributed by atoms with Crippen molar-refractivity contribution in [3.05, 3.63) is 29.6 Å². The molecule has 18 heavy (non-hydrogen) atoms. The van der Waals surface area contributed by atoms with Crippen molar-refractivity contribution in [1.29, 1.82) is 0 Å². The summed E-state index contributed by atoms with van der Waals surface area (Å²) in [6.07, 6.45) is 9.06. The number of aryl methyl sites for hydroxylation is 1. The first-order chi connectivity index (χ1) is 8.61. The largest absolute Gasteiger partial charge is 0.389 e. The molecule has 0 spiro atoms. The molecule has 0 bridgehead atoms. The molecule has 1 saturated carbocycles. The quantitative estimate of drug-likeness (QED) is 0.829. The Morgan fingerprint density at radius 2 is 2.17 bits per heavy atom. The highest BCUT2D eigenvalue weighted by atomic mass is 16.3. The zero-order valence-electron chi connectivity index (χ0n) is 11.7. The van der Waals surface area contributed by atoms with Gasteiger partial charge in [-0.2, -0.15) is 0 Å². The maximum atomic E-state index is 10.7. The summed E-state index contributed by atoms with van der Waals surface area (Å²) in [4.78, 5) is 4.48. The second kappa shape index (κ2) is 5.83. The third kappa shape index (κ3) is 3.55. The van der Waals surface area contributed by atoms with Gasteiger partial charge in [-0.15, -0.1) is 0 Å². The predicted molar refractivity (Wildman–Crippen MR) is 74.5 cm³/mol. The molecule has 1 aromatic rings. The number of hydrogen-bond donors (Lipinski definition) is 1. The van der Waals surface area contributed by atoms with Gasteiger partial charge in [-0.25, -0.2) is 0 Å². The smallest absolute Gasteiger partial charge is 0.0703 e. The van der Waals surface area contributed by atoms with Crippen LogP contribution in [-0.4, -0.2) is 15.7 Å². The van der Waals surface area contributed by atoms with Crippen LogP contribution in [0.25, 0.3) is 0 Å². The highest BCUT2D eigenvalue weighted by Gasteiger charge is 2.30. The monoisotopic (exact) mass is 247 g/mol. The summed E-state index contributed by atoms with van der Waals surface area (Å²) in [5, 5.41) is 10.7. The number of rotatable bonds is 3. The van der Waals surface area contributed by atoms with Crippen LogP contribution in [0.3, 0.4) is 0 Å². The molecule has 0 aliphatic heterocycles. The van der Waals surface area contributed by atoms with Crippen LogP contribution in [0.1, 0.15) is 57.2 Å². The van der Waals surface area contributed by atoms with E-state index in [1.807, 2.05) is 6.20 Å². The Balaban J connectivity index is 2.01. The SMILES string of the molecule is CCc1ccc(CC2(O)CCCC(C)CC2)nc1. The topological polar surface area (TPSA) is 33.1 Å². The lowest BCUT2D eigenvalue weighted by Gasteiger charge is -2.26. The number of pyridine rings is 1. The van der Waals surface area contributed by atoms with Crippen molar-refractivity contribution in [3.8, 4) is 0 Å². The van der Waals surface area contributed by atoms with E-state index in [2.05, 4.69) is 31.0 Å². The van der Waals surface area contributed by atoms with E-state index in [4.69, 9.17) is 0 Å². The van der Waals surface area contributed by atoms with Gasteiger partial charge in [-0.3, -0.25) is 4.98 Å². The Morgan fingerprint density at radius 3 is 2.83 bits per heavy atom. The molecule has 100 valence electrons. The lowest BCUT2D eigenvalue weighted by atomic mass is 9.89. The van der Waals surface area contributed by atoms with E-state index in [1.54, 1.807) is 0 Å². The lowest BCUT2D eigenvalue weighted by Crippen LogP contribution is -2.31. The van der Waals surface area contributed by atoms with Crippen molar-refractivity contribution in [2.24, 2.45) is 5.92 Å². The normalized spacial score (nSPS) is 28.9. The van der Waals surface area contributed by atoms with Crippen LogP contribution in [0.4, 0.5) is 0 Å². The standard InChI is InChI=1S/C16H25NO/c1-3-14-6-7-15(17-12-14)11-16(18)9-4-5-13(2)8-10-16/h6-7,12-13,18H,3-5,8-11H2,1-2H3. The van der Waals surface area contributed by atoms with Crippen LogP contribution in [0.2, 0.25) is 0 Å². The first-order valence-corrected chi connectivity index (χ1v) is 7.27. The van der Waals surface area contributed by atoms with Crippen molar-refractivity contribution >= 4 is 0 Å². The fraction of sp³-hybridized carbons (Fsp3) is 0.688. The zero-order valence-corrected chi connectivity index (χ0v) is 11.7. The minimum Gasteiger partial charge on any atom is -0.389 e. The highest BCUT2D eigenvalue weighted by molar-refractivity contribution is 5.15. The number of hydrogen-bond acceptors (Lipinski definition) is 2. The molecule has 2 unspecified atom stereocenters. The van der Waals surface area contributed by atoms with Crippen molar-refractivity contribution in [3.63, 3.8) is 0 Å². The molecule has 0 aromatic carbocycles. The fourth-order valence-electron chi connectivity index (χ4n) is 2.85. The second-order valence-corrected chi connectivity index (χ2v) is 5.95. The van der Waals surface area contributed by atoms with Crippen molar-refractivity contribution in [1.82, 2.24) is 4.98 Å². The summed E-state index contributed by atoms with van der Waals surface area (Å²) in [5.41, 5.74) is 1.77. The highest BCUT2D eigenvalue weighted by Crippen LogP contribution is 2.32. The average molecular weight is 247 g/mol. The molecule has 2 atom stereocenters. The van der Waals surface area contributed by atoms with Gasteiger partial charge in [0.15, 0.2) is 0 Å². The van der Waals surface area contributed by atoms with Gasteiger partial charge in [-0.05, 0) is 43.2 Å². The molecule has 1 fully saturated rings. The van der Waals surface area contributed by atoms with Gasteiger partial charge in [0.2, 0.25) is 0 Å². The molecule has 2 nitrogen and oxygen atoms in total. The predicted octanol–water partition coefficient (Wildman–Crippen LogP) is 3.52. The number of aliphatic hydroxyl groups is 1. The van der Waals surface area contributed by atoms with Crippen molar-refractivity contribution in [2.75, 3.05) is 0 Å². The molecule has 2 heteroatoms. The molecule has 1 aliphatic rings. The third-order valence-electron chi connectivity index (χ3n) is 4.25. The van der Waals surface area contributed by atoms with E-state index in [1.165, 1.54) is 12.0 Å². The Morgan fingerprint density at radius 1 is 1.33 bits per heavy atom. The first-order valence-electron chi connectivity index (χ1n) is 7.27. The van der Waals surface area contributed by atoms with E-state index < -0.39 is 5.60 Å². The Bertz CT molecular complexity index is 373. The summed E-state index contributed by atoms with van der Waals surface area (Å²) in [7, 11) is 0. The Kier molecular flexibility index (Phi) is 4.39. The van der Waals surface area contributed by atoms with Gasteiger partial charge in [0.05, 0.1) is 5.60 Å². The molecular formula is C16H25NO. The summed E-state index contributed by atoms with van der Waals surface area (Å²) >= 11 is 0. The summed E-state index contributed by atoms with van der Waals surface area (Å²) in [5.74, 6) is 0.759. The van der Waals surface area contributed by atoms with Gasteiger partial charge in [0, 0.05) is 18.3 Å². The molecule has 0 amide bonds. The minimum absolute atomic E-state index is 0.522. The van der Waals surface area contributed by atoms with Crippen molar-refractivity contribution < 1.29 is 5.11 Å². The van der Waals surface area contributed by atoms with Crippen LogP contribution in [0, 0.1) is 5.92 Å². The van der Waals surface area contributed by atoms with Gasteiger partial charge < -0.3 is 5.11 Å². The van der Waals surface area contributed by atoms with Gasteiger partial charge >= 0.3 is 0 Å². The third-order valence-corrected chi connectivity index (χ3v) is 4.25. The number of nitrogens with zero attached hydrogens (tertiary/aromatic N) is 1. The maximum Gasteiger partial charge on any atom is 0.0703 e. The molecular weight excluding hydrogens is 222 g/mol. The zero-order chi connectivity index (χ0) is 13.0. The summed E-state index contributed by atoms with van der Waals surface area (Å²) in [6.45, 7) is 4.43. The van der Waals surface area contributed by atoms with Crippen molar-refractivity contribution in [2.45, 2.75) is 64.4 Å². The van der Waals surface area contributed by atoms with Gasteiger partial charge in [0.1, 0.15) is 0 Å². The fourth-order valence-corrected chi connectivity index (χ4v) is 2.85. The molecule has 0 saturated heterocycles. The van der Waals surface area contributed by atoms with Gasteiger partial charge in [0.25, 0.3) is 0 Å². The van der Waals surface area contributed by atoms with Crippen LogP contribution in [-0.2, 0) is 12.8 Å².